The average Bonchev–Trinajstić information content (AvgIpc) is 3.08. The third-order valence-electron chi connectivity index (χ3n) is 5.86. The van der Waals surface area contributed by atoms with Crippen LogP contribution in [0.3, 0.4) is 0 Å². The molecule has 1 unspecified atom stereocenters. The highest BCUT2D eigenvalue weighted by atomic mass is 16.2. The summed E-state index contributed by atoms with van der Waals surface area (Å²) in [5.74, 6) is 0.181. The van der Waals surface area contributed by atoms with Gasteiger partial charge in [0.05, 0.1) is 0 Å². The SMILES string of the molecule is Cc1ccccc1C(=O)NC1CCN(C(=O)C(C(C)C)N2CCCC2=O)CC1. The number of hydrogen-bond donors (Lipinski definition) is 1. The zero-order valence-corrected chi connectivity index (χ0v) is 17.1. The summed E-state index contributed by atoms with van der Waals surface area (Å²) in [4.78, 5) is 41.4. The Labute approximate surface area is 167 Å². The zero-order chi connectivity index (χ0) is 20.3. The van der Waals surface area contributed by atoms with E-state index in [0.29, 0.717) is 31.6 Å². The van der Waals surface area contributed by atoms with E-state index in [4.69, 9.17) is 0 Å². The fourth-order valence-corrected chi connectivity index (χ4v) is 4.26. The van der Waals surface area contributed by atoms with Crippen LogP contribution in [0.25, 0.3) is 0 Å². The van der Waals surface area contributed by atoms with Crippen LogP contribution in [0, 0.1) is 12.8 Å². The van der Waals surface area contributed by atoms with E-state index in [1.165, 1.54) is 0 Å². The van der Waals surface area contributed by atoms with E-state index in [2.05, 4.69) is 5.32 Å². The molecule has 152 valence electrons. The molecule has 0 aromatic heterocycles. The summed E-state index contributed by atoms with van der Waals surface area (Å²) >= 11 is 0. The summed E-state index contributed by atoms with van der Waals surface area (Å²) < 4.78 is 0. The molecule has 1 N–H and O–H groups in total. The van der Waals surface area contributed by atoms with Crippen LogP contribution in [-0.2, 0) is 9.59 Å². The molecule has 0 aliphatic carbocycles. The lowest BCUT2D eigenvalue weighted by molar-refractivity contribution is -0.146. The van der Waals surface area contributed by atoms with Gasteiger partial charge in [0.25, 0.3) is 5.91 Å². The molecule has 2 aliphatic rings. The van der Waals surface area contributed by atoms with Gasteiger partial charge in [-0.25, -0.2) is 0 Å². The Kier molecular flexibility index (Phi) is 6.37. The first-order valence-electron chi connectivity index (χ1n) is 10.3. The van der Waals surface area contributed by atoms with Gasteiger partial charge in [-0.3, -0.25) is 14.4 Å². The third kappa shape index (κ3) is 4.37. The van der Waals surface area contributed by atoms with Crippen LogP contribution in [0.2, 0.25) is 0 Å². The molecule has 6 nitrogen and oxygen atoms in total. The molecule has 2 saturated heterocycles. The van der Waals surface area contributed by atoms with Crippen molar-refractivity contribution in [3.8, 4) is 0 Å². The highest BCUT2D eigenvalue weighted by Crippen LogP contribution is 2.23. The van der Waals surface area contributed by atoms with Gasteiger partial charge >= 0.3 is 0 Å². The van der Waals surface area contributed by atoms with Crippen molar-refractivity contribution in [3.63, 3.8) is 0 Å². The minimum atomic E-state index is -0.367. The van der Waals surface area contributed by atoms with Crippen molar-refractivity contribution in [1.82, 2.24) is 15.1 Å². The Bertz CT molecular complexity index is 738. The van der Waals surface area contributed by atoms with Gasteiger partial charge in [0.2, 0.25) is 11.8 Å². The predicted octanol–water partition coefficient (Wildman–Crippen LogP) is 2.36. The van der Waals surface area contributed by atoms with Crippen LogP contribution in [0.1, 0.15) is 55.5 Å². The smallest absolute Gasteiger partial charge is 0.251 e. The van der Waals surface area contributed by atoms with E-state index in [1.54, 1.807) is 4.90 Å². The minimum absolute atomic E-state index is 0.0499. The second kappa shape index (κ2) is 8.76. The van der Waals surface area contributed by atoms with Gasteiger partial charge in [0.15, 0.2) is 0 Å². The molecule has 28 heavy (non-hydrogen) atoms. The van der Waals surface area contributed by atoms with E-state index in [1.807, 2.05) is 49.9 Å². The molecule has 2 aliphatic heterocycles. The van der Waals surface area contributed by atoms with Crippen molar-refractivity contribution in [1.29, 1.82) is 0 Å². The molecule has 3 amide bonds. The molecule has 1 aromatic rings. The Morgan fingerprint density at radius 3 is 2.36 bits per heavy atom. The van der Waals surface area contributed by atoms with Crippen LogP contribution >= 0.6 is 0 Å². The van der Waals surface area contributed by atoms with Crippen molar-refractivity contribution in [2.45, 2.75) is 58.5 Å². The number of rotatable bonds is 5. The Hall–Kier alpha value is -2.37. The molecular formula is C22H31N3O3. The number of nitrogens with zero attached hydrogens (tertiary/aromatic N) is 2. The summed E-state index contributed by atoms with van der Waals surface area (Å²) in [5, 5.41) is 3.11. The van der Waals surface area contributed by atoms with E-state index in [0.717, 1.165) is 24.8 Å². The molecule has 0 bridgehead atoms. The van der Waals surface area contributed by atoms with Gasteiger partial charge in [0, 0.05) is 37.7 Å². The van der Waals surface area contributed by atoms with Gasteiger partial charge in [-0.2, -0.15) is 0 Å². The molecule has 2 heterocycles. The Balaban J connectivity index is 1.57. The normalized spacial score (nSPS) is 19.2. The fourth-order valence-electron chi connectivity index (χ4n) is 4.26. The van der Waals surface area contributed by atoms with Crippen molar-refractivity contribution in [2.75, 3.05) is 19.6 Å². The topological polar surface area (TPSA) is 69.7 Å². The molecule has 6 heteroatoms. The second-order valence-corrected chi connectivity index (χ2v) is 8.27. The molecule has 0 saturated carbocycles. The third-order valence-corrected chi connectivity index (χ3v) is 5.86. The van der Waals surface area contributed by atoms with Gasteiger partial charge < -0.3 is 15.1 Å². The number of hydrogen-bond acceptors (Lipinski definition) is 3. The maximum atomic E-state index is 13.1. The van der Waals surface area contributed by atoms with E-state index < -0.39 is 0 Å². The fraction of sp³-hybridized carbons (Fsp3) is 0.591. The maximum absolute atomic E-state index is 13.1. The number of carbonyl (C=O) groups excluding carboxylic acids is 3. The highest BCUT2D eigenvalue weighted by molar-refractivity contribution is 5.95. The Morgan fingerprint density at radius 2 is 1.79 bits per heavy atom. The maximum Gasteiger partial charge on any atom is 0.251 e. The van der Waals surface area contributed by atoms with E-state index in [-0.39, 0.29) is 35.7 Å². The van der Waals surface area contributed by atoms with Gasteiger partial charge in [-0.15, -0.1) is 0 Å². The van der Waals surface area contributed by atoms with Crippen LogP contribution in [0.4, 0.5) is 0 Å². The van der Waals surface area contributed by atoms with Gasteiger partial charge in [-0.1, -0.05) is 32.0 Å². The Morgan fingerprint density at radius 1 is 1.11 bits per heavy atom. The van der Waals surface area contributed by atoms with E-state index >= 15 is 0 Å². The van der Waals surface area contributed by atoms with Crippen LogP contribution < -0.4 is 5.32 Å². The number of amides is 3. The average molecular weight is 386 g/mol. The number of benzene rings is 1. The molecular weight excluding hydrogens is 354 g/mol. The van der Waals surface area contributed by atoms with E-state index in [9.17, 15) is 14.4 Å². The van der Waals surface area contributed by atoms with Crippen molar-refractivity contribution >= 4 is 17.7 Å². The molecule has 2 fully saturated rings. The summed E-state index contributed by atoms with van der Waals surface area (Å²) in [6.07, 6.45) is 2.86. The van der Waals surface area contributed by atoms with Gasteiger partial charge in [-0.05, 0) is 43.7 Å². The monoisotopic (exact) mass is 385 g/mol. The number of carbonyl (C=O) groups is 3. The standard InChI is InChI=1S/C22H31N3O3/c1-15(2)20(25-12-6-9-19(25)26)22(28)24-13-10-17(11-14-24)23-21(27)18-8-5-4-7-16(18)3/h4-5,7-8,15,17,20H,6,9-14H2,1-3H3,(H,23,27). The number of likely N-dealkylation sites (tertiary alicyclic amines) is 2. The zero-order valence-electron chi connectivity index (χ0n) is 17.1. The van der Waals surface area contributed by atoms with Crippen LogP contribution in [-0.4, -0.2) is 59.2 Å². The van der Waals surface area contributed by atoms with Crippen molar-refractivity contribution in [3.05, 3.63) is 35.4 Å². The molecule has 0 spiro atoms. The summed E-state index contributed by atoms with van der Waals surface area (Å²) in [6, 6.07) is 7.27. The lowest BCUT2D eigenvalue weighted by Gasteiger charge is -2.38. The van der Waals surface area contributed by atoms with Crippen molar-refractivity contribution in [2.24, 2.45) is 5.92 Å². The molecule has 1 atom stereocenters. The van der Waals surface area contributed by atoms with Crippen LogP contribution in [0.5, 0.6) is 0 Å². The summed E-state index contributed by atoms with van der Waals surface area (Å²) in [6.45, 7) is 7.84. The van der Waals surface area contributed by atoms with Crippen LogP contribution in [0.15, 0.2) is 24.3 Å². The lowest BCUT2D eigenvalue weighted by Crippen LogP contribution is -2.55. The quantitative estimate of drug-likeness (QED) is 0.846. The number of aryl methyl sites for hydroxylation is 1. The first-order chi connectivity index (χ1) is 13.4. The summed E-state index contributed by atoms with van der Waals surface area (Å²) in [5.41, 5.74) is 1.66. The first kappa shape index (κ1) is 20.4. The second-order valence-electron chi connectivity index (χ2n) is 8.27. The minimum Gasteiger partial charge on any atom is -0.349 e. The first-order valence-corrected chi connectivity index (χ1v) is 10.3. The predicted molar refractivity (Wildman–Crippen MR) is 108 cm³/mol. The molecule has 1 aromatic carbocycles. The lowest BCUT2D eigenvalue weighted by atomic mass is 9.98. The highest BCUT2D eigenvalue weighted by Gasteiger charge is 2.38. The summed E-state index contributed by atoms with van der Waals surface area (Å²) in [7, 11) is 0. The largest absolute Gasteiger partial charge is 0.349 e. The van der Waals surface area contributed by atoms with Crippen molar-refractivity contribution < 1.29 is 14.4 Å². The molecule has 3 rings (SSSR count). The van der Waals surface area contributed by atoms with Gasteiger partial charge in [0.1, 0.15) is 6.04 Å². The number of nitrogens with one attached hydrogen (secondary N) is 1. The number of piperidine rings is 1. The molecule has 0 radical (unpaired) electrons.